The Morgan fingerprint density at radius 2 is 2.24 bits per heavy atom. The number of ketones is 1. The highest BCUT2D eigenvalue weighted by Gasteiger charge is 2.21. The molecule has 1 heterocycles. The van der Waals surface area contributed by atoms with Crippen LogP contribution in [0, 0.1) is 0 Å². The van der Waals surface area contributed by atoms with Gasteiger partial charge in [-0.3, -0.25) is 9.59 Å². The van der Waals surface area contributed by atoms with Crippen molar-refractivity contribution in [3.63, 3.8) is 0 Å². The second-order valence-corrected chi connectivity index (χ2v) is 4.99. The molecule has 0 aliphatic rings. The number of rotatable bonds is 7. The molecule has 0 aliphatic heterocycles. The summed E-state index contributed by atoms with van der Waals surface area (Å²) in [4.78, 5) is 22.9. The summed E-state index contributed by atoms with van der Waals surface area (Å²) in [5.41, 5.74) is 11.5. The maximum absolute atomic E-state index is 11.9. The summed E-state index contributed by atoms with van der Waals surface area (Å²) in [6.45, 7) is 0.593. The highest BCUT2D eigenvalue weighted by Crippen LogP contribution is 2.27. The molecular weight excluding hydrogens is 260 g/mol. The van der Waals surface area contributed by atoms with Gasteiger partial charge in [0.1, 0.15) is 0 Å². The van der Waals surface area contributed by atoms with Crippen LogP contribution in [0.25, 0.3) is 0 Å². The van der Waals surface area contributed by atoms with E-state index in [2.05, 4.69) is 0 Å². The molecule has 17 heavy (non-hydrogen) atoms. The molecule has 0 fully saturated rings. The van der Waals surface area contributed by atoms with Gasteiger partial charge in [0.15, 0.2) is 12.1 Å². The van der Waals surface area contributed by atoms with Gasteiger partial charge in [-0.2, -0.15) is 0 Å². The van der Waals surface area contributed by atoms with E-state index in [4.69, 9.17) is 23.1 Å². The Kier molecular flexibility index (Phi) is 5.77. The first kappa shape index (κ1) is 14.3. The summed E-state index contributed by atoms with van der Waals surface area (Å²) in [7, 11) is 0. The second-order valence-electron chi connectivity index (χ2n) is 3.70. The van der Waals surface area contributed by atoms with Gasteiger partial charge in [0.25, 0.3) is 0 Å². The van der Waals surface area contributed by atoms with E-state index in [9.17, 15) is 9.59 Å². The van der Waals surface area contributed by atoms with E-state index in [1.165, 1.54) is 0 Å². The molecule has 4 nitrogen and oxygen atoms in total. The molecule has 0 aliphatic carbocycles. The average molecular weight is 275 g/mol. The zero-order chi connectivity index (χ0) is 12.8. The molecule has 6 heteroatoms. The number of hydrogen-bond donors (Lipinski definition) is 2. The van der Waals surface area contributed by atoms with Crippen LogP contribution in [0.2, 0.25) is 5.02 Å². The number of carbonyl (C=O) groups excluding carboxylic acids is 2. The van der Waals surface area contributed by atoms with E-state index < -0.39 is 6.04 Å². The van der Waals surface area contributed by atoms with Gasteiger partial charge in [-0.25, -0.2) is 0 Å². The lowest BCUT2D eigenvalue weighted by molar-refractivity contribution is 0.0956. The second kappa shape index (κ2) is 6.86. The maximum atomic E-state index is 11.9. The first-order chi connectivity index (χ1) is 8.11. The van der Waals surface area contributed by atoms with Crippen molar-refractivity contribution in [3.05, 3.63) is 20.8 Å². The first-order valence-corrected chi connectivity index (χ1v) is 6.59. The summed E-state index contributed by atoms with van der Waals surface area (Å²) in [5.74, 6) is -0.212. The molecule has 1 aromatic rings. The molecular formula is C11H15ClN2O2S. The minimum Gasteiger partial charge on any atom is -0.330 e. The Morgan fingerprint density at radius 1 is 1.53 bits per heavy atom. The molecule has 0 aromatic carbocycles. The average Bonchev–Trinajstić information content (AvgIpc) is 2.69. The maximum Gasteiger partial charge on any atom is 0.181 e. The van der Waals surface area contributed by atoms with Gasteiger partial charge in [-0.15, -0.1) is 11.3 Å². The van der Waals surface area contributed by atoms with Crippen molar-refractivity contribution in [1.29, 1.82) is 0 Å². The smallest absolute Gasteiger partial charge is 0.181 e. The van der Waals surface area contributed by atoms with Crippen LogP contribution in [0.15, 0.2) is 5.38 Å². The van der Waals surface area contributed by atoms with Crippen molar-refractivity contribution in [3.8, 4) is 0 Å². The van der Waals surface area contributed by atoms with Crippen LogP contribution in [-0.4, -0.2) is 24.7 Å². The monoisotopic (exact) mass is 274 g/mol. The number of unbranched alkanes of at least 4 members (excludes halogenated alkanes) is 1. The molecule has 1 atom stereocenters. The van der Waals surface area contributed by atoms with Crippen LogP contribution in [0.5, 0.6) is 0 Å². The molecule has 1 rings (SSSR count). The van der Waals surface area contributed by atoms with Crippen LogP contribution >= 0.6 is 22.9 Å². The molecule has 1 aromatic heterocycles. The lowest BCUT2D eigenvalue weighted by Crippen LogP contribution is -2.30. The minimum atomic E-state index is -0.576. The van der Waals surface area contributed by atoms with Crippen molar-refractivity contribution in [2.24, 2.45) is 11.5 Å². The lowest BCUT2D eigenvalue weighted by atomic mass is 10.0. The van der Waals surface area contributed by atoms with Crippen LogP contribution < -0.4 is 11.5 Å². The predicted octanol–water partition coefficient (Wildman–Crippen LogP) is 1.85. The SMILES string of the molecule is NCCCC[C@@H](N)C(=O)c1csc(C=O)c1Cl. The van der Waals surface area contributed by atoms with Crippen LogP contribution in [0.4, 0.5) is 0 Å². The zero-order valence-electron chi connectivity index (χ0n) is 9.32. The third-order valence-electron chi connectivity index (χ3n) is 2.44. The van der Waals surface area contributed by atoms with Crippen LogP contribution in [0.3, 0.4) is 0 Å². The highest BCUT2D eigenvalue weighted by molar-refractivity contribution is 7.12. The normalized spacial score (nSPS) is 12.4. The molecule has 0 radical (unpaired) electrons. The third-order valence-corrected chi connectivity index (χ3v) is 3.86. The number of halogens is 1. The highest BCUT2D eigenvalue weighted by atomic mass is 35.5. The van der Waals surface area contributed by atoms with E-state index in [0.717, 1.165) is 24.2 Å². The molecule has 0 saturated heterocycles. The van der Waals surface area contributed by atoms with E-state index in [1.54, 1.807) is 5.38 Å². The summed E-state index contributed by atoms with van der Waals surface area (Å²) in [5, 5.41) is 1.79. The number of carbonyl (C=O) groups is 2. The fourth-order valence-corrected chi connectivity index (χ4v) is 2.58. The van der Waals surface area contributed by atoms with Crippen molar-refractivity contribution in [1.82, 2.24) is 0 Å². The number of Topliss-reactive ketones (excluding diaryl/α,β-unsaturated/α-hetero) is 1. The van der Waals surface area contributed by atoms with Crippen molar-refractivity contribution in [2.45, 2.75) is 25.3 Å². The van der Waals surface area contributed by atoms with E-state index in [0.29, 0.717) is 29.7 Å². The molecule has 0 saturated carbocycles. The van der Waals surface area contributed by atoms with Crippen LogP contribution in [-0.2, 0) is 0 Å². The van der Waals surface area contributed by atoms with E-state index in [1.807, 2.05) is 0 Å². The largest absolute Gasteiger partial charge is 0.330 e. The van der Waals surface area contributed by atoms with E-state index >= 15 is 0 Å². The molecule has 0 amide bonds. The van der Waals surface area contributed by atoms with Crippen molar-refractivity contribution >= 4 is 35.0 Å². The molecule has 0 unspecified atom stereocenters. The summed E-state index contributed by atoms with van der Waals surface area (Å²) in [6, 6.07) is -0.576. The van der Waals surface area contributed by atoms with Crippen molar-refractivity contribution in [2.75, 3.05) is 6.54 Å². The molecule has 94 valence electrons. The van der Waals surface area contributed by atoms with Gasteiger partial charge >= 0.3 is 0 Å². The summed E-state index contributed by atoms with van der Waals surface area (Å²) >= 11 is 7.06. The quantitative estimate of drug-likeness (QED) is 0.451. The number of aldehydes is 1. The topological polar surface area (TPSA) is 86.2 Å². The molecule has 0 bridgehead atoms. The van der Waals surface area contributed by atoms with Crippen LogP contribution in [0.1, 0.15) is 39.3 Å². The Balaban J connectivity index is 2.68. The van der Waals surface area contributed by atoms with Gasteiger partial charge in [0, 0.05) is 10.9 Å². The number of thiophene rings is 1. The standard InChI is InChI=1S/C11H15ClN2O2S/c12-10-7(6-17-9(10)5-15)11(16)8(14)3-1-2-4-13/h5-6,8H,1-4,13-14H2/t8-/m1/s1. The first-order valence-electron chi connectivity index (χ1n) is 5.33. The van der Waals surface area contributed by atoms with Crippen molar-refractivity contribution < 1.29 is 9.59 Å². The Labute approximate surface area is 109 Å². The Morgan fingerprint density at radius 3 is 2.76 bits per heavy atom. The molecule has 0 spiro atoms. The Hall–Kier alpha value is -0.750. The fraction of sp³-hybridized carbons (Fsp3) is 0.455. The molecule has 4 N–H and O–H groups in total. The minimum absolute atomic E-state index is 0.212. The zero-order valence-corrected chi connectivity index (χ0v) is 10.9. The van der Waals surface area contributed by atoms with Gasteiger partial charge in [-0.05, 0) is 19.4 Å². The van der Waals surface area contributed by atoms with Gasteiger partial charge in [0.2, 0.25) is 0 Å². The fourth-order valence-electron chi connectivity index (χ4n) is 1.44. The number of nitrogens with two attached hydrogens (primary N) is 2. The summed E-state index contributed by atoms with van der Waals surface area (Å²) < 4.78 is 0. The third kappa shape index (κ3) is 3.61. The van der Waals surface area contributed by atoms with Gasteiger partial charge in [-0.1, -0.05) is 18.0 Å². The Bertz CT molecular complexity index is 406. The lowest BCUT2D eigenvalue weighted by Gasteiger charge is -2.09. The van der Waals surface area contributed by atoms with Gasteiger partial charge < -0.3 is 11.5 Å². The van der Waals surface area contributed by atoms with Gasteiger partial charge in [0.05, 0.1) is 15.9 Å². The summed E-state index contributed by atoms with van der Waals surface area (Å²) in [6.07, 6.45) is 2.88. The predicted molar refractivity (Wildman–Crippen MR) is 69.9 cm³/mol. The van der Waals surface area contributed by atoms with E-state index in [-0.39, 0.29) is 10.8 Å². The number of hydrogen-bond acceptors (Lipinski definition) is 5.